The first-order chi connectivity index (χ1) is 11.6. The lowest BCUT2D eigenvalue weighted by Crippen LogP contribution is -2.06. The van der Waals surface area contributed by atoms with E-state index in [4.69, 9.17) is 9.47 Å². The molecule has 4 nitrogen and oxygen atoms in total. The molecule has 0 aromatic rings. The minimum absolute atomic E-state index is 0.414. The quantitative estimate of drug-likeness (QED) is 0.233. The van der Waals surface area contributed by atoms with E-state index in [0.717, 1.165) is 43.8 Å². The minimum Gasteiger partial charge on any atom is -0.463 e. The van der Waals surface area contributed by atoms with Crippen LogP contribution in [0.1, 0.15) is 85.0 Å². The molecule has 0 aliphatic heterocycles. The van der Waals surface area contributed by atoms with Gasteiger partial charge in [-0.1, -0.05) is 72.1 Å². The molecule has 0 N–H and O–H groups in total. The summed E-state index contributed by atoms with van der Waals surface area (Å²) < 4.78 is 10.1. The maximum absolute atomic E-state index is 11.5. The zero-order valence-corrected chi connectivity index (χ0v) is 15.9. The van der Waals surface area contributed by atoms with Gasteiger partial charge in [-0.25, -0.2) is 9.59 Å². The van der Waals surface area contributed by atoms with Crippen LogP contribution < -0.4 is 0 Å². The van der Waals surface area contributed by atoms with Crippen LogP contribution in [0.5, 0.6) is 0 Å². The Morgan fingerprint density at radius 3 is 1.67 bits per heavy atom. The number of rotatable bonds is 15. The lowest BCUT2D eigenvalue weighted by atomic mass is 10.0. The molecule has 0 heterocycles. The van der Waals surface area contributed by atoms with Crippen molar-refractivity contribution in [2.24, 2.45) is 5.92 Å². The van der Waals surface area contributed by atoms with Crippen molar-refractivity contribution in [3.63, 3.8) is 0 Å². The lowest BCUT2D eigenvalue weighted by Gasteiger charge is -2.04. The van der Waals surface area contributed by atoms with Crippen LogP contribution in [0.3, 0.4) is 0 Å². The first-order valence-electron chi connectivity index (χ1n) is 9.57. The van der Waals surface area contributed by atoms with E-state index in [-0.39, 0.29) is 0 Å². The van der Waals surface area contributed by atoms with Gasteiger partial charge in [0.2, 0.25) is 0 Å². The van der Waals surface area contributed by atoms with E-state index in [1.54, 1.807) is 0 Å². The third kappa shape index (κ3) is 17.0. The van der Waals surface area contributed by atoms with Crippen molar-refractivity contribution in [2.45, 2.75) is 85.0 Å². The average molecular weight is 341 g/mol. The fourth-order valence-corrected chi connectivity index (χ4v) is 2.29. The van der Waals surface area contributed by atoms with Crippen molar-refractivity contribution < 1.29 is 19.1 Å². The molecular formula is C20H36O4. The zero-order valence-electron chi connectivity index (χ0n) is 15.9. The predicted octanol–water partition coefficient (Wildman–Crippen LogP) is 5.21. The molecule has 0 aliphatic rings. The SMILES string of the molecule is CCCCCCCOC(=O)/C=C\C(=O)OCCCCCCC(C)C. The zero-order chi connectivity index (χ0) is 18.0. The summed E-state index contributed by atoms with van der Waals surface area (Å²) in [5, 5.41) is 0. The molecule has 0 aromatic heterocycles. The third-order valence-electron chi connectivity index (χ3n) is 3.77. The normalized spacial score (nSPS) is 11.2. The first kappa shape index (κ1) is 22.7. The molecule has 0 amide bonds. The van der Waals surface area contributed by atoms with Crippen molar-refractivity contribution in [1.82, 2.24) is 0 Å². The van der Waals surface area contributed by atoms with Gasteiger partial charge < -0.3 is 9.47 Å². The highest BCUT2D eigenvalue weighted by atomic mass is 16.5. The lowest BCUT2D eigenvalue weighted by molar-refractivity contribution is -0.140. The highest BCUT2D eigenvalue weighted by Gasteiger charge is 2.01. The Labute approximate surface area is 148 Å². The van der Waals surface area contributed by atoms with Gasteiger partial charge in [-0.05, 0) is 18.8 Å². The number of hydrogen-bond acceptors (Lipinski definition) is 4. The van der Waals surface area contributed by atoms with Gasteiger partial charge in [0.1, 0.15) is 0 Å². The summed E-state index contributed by atoms with van der Waals surface area (Å²) >= 11 is 0. The number of carbonyl (C=O) groups is 2. The van der Waals surface area contributed by atoms with E-state index in [9.17, 15) is 9.59 Å². The van der Waals surface area contributed by atoms with Crippen LogP contribution in [0.15, 0.2) is 12.2 Å². The van der Waals surface area contributed by atoms with Crippen LogP contribution in [0, 0.1) is 5.92 Å². The van der Waals surface area contributed by atoms with Gasteiger partial charge in [-0.2, -0.15) is 0 Å². The molecule has 0 aromatic carbocycles. The van der Waals surface area contributed by atoms with Gasteiger partial charge in [0, 0.05) is 12.2 Å². The monoisotopic (exact) mass is 340 g/mol. The molecule has 4 heteroatoms. The number of ether oxygens (including phenoxy) is 2. The van der Waals surface area contributed by atoms with Crippen LogP contribution in [0.2, 0.25) is 0 Å². The third-order valence-corrected chi connectivity index (χ3v) is 3.77. The highest BCUT2D eigenvalue weighted by Crippen LogP contribution is 2.09. The van der Waals surface area contributed by atoms with Crippen LogP contribution in [0.4, 0.5) is 0 Å². The number of esters is 2. The standard InChI is InChI=1S/C20H36O4/c1-4-5-6-8-11-16-23-19(21)14-15-20(22)24-17-12-9-7-10-13-18(2)3/h14-15,18H,4-13,16-17H2,1-3H3/b15-14-. The summed E-state index contributed by atoms with van der Waals surface area (Å²) in [5.74, 6) is -0.197. The van der Waals surface area contributed by atoms with Crippen LogP contribution in [-0.4, -0.2) is 25.2 Å². The summed E-state index contributed by atoms with van der Waals surface area (Å²) in [5.41, 5.74) is 0. The van der Waals surface area contributed by atoms with Gasteiger partial charge in [0.15, 0.2) is 0 Å². The van der Waals surface area contributed by atoms with Gasteiger partial charge >= 0.3 is 11.9 Å². The fraction of sp³-hybridized carbons (Fsp3) is 0.800. The fourth-order valence-electron chi connectivity index (χ4n) is 2.29. The van der Waals surface area contributed by atoms with Gasteiger partial charge in [-0.15, -0.1) is 0 Å². The Bertz CT molecular complexity index is 348. The van der Waals surface area contributed by atoms with Crippen molar-refractivity contribution in [3.05, 3.63) is 12.2 Å². The molecule has 24 heavy (non-hydrogen) atoms. The smallest absolute Gasteiger partial charge is 0.331 e. The maximum Gasteiger partial charge on any atom is 0.331 e. The molecule has 0 radical (unpaired) electrons. The van der Waals surface area contributed by atoms with E-state index in [1.807, 2.05) is 0 Å². The molecule has 0 saturated carbocycles. The van der Waals surface area contributed by atoms with E-state index < -0.39 is 11.9 Å². The largest absolute Gasteiger partial charge is 0.463 e. The summed E-state index contributed by atoms with van der Waals surface area (Å²) in [6.07, 6.45) is 13.5. The number of hydrogen-bond donors (Lipinski definition) is 0. The van der Waals surface area contributed by atoms with E-state index >= 15 is 0 Å². The average Bonchev–Trinajstić information content (AvgIpc) is 2.55. The molecular weight excluding hydrogens is 304 g/mol. The summed E-state index contributed by atoms with van der Waals surface area (Å²) in [6, 6.07) is 0. The number of unbranched alkanes of at least 4 members (excludes halogenated alkanes) is 7. The van der Waals surface area contributed by atoms with Crippen molar-refractivity contribution in [2.75, 3.05) is 13.2 Å². The Morgan fingerprint density at radius 1 is 0.750 bits per heavy atom. The second-order valence-electron chi connectivity index (χ2n) is 6.68. The van der Waals surface area contributed by atoms with Crippen molar-refractivity contribution in [3.8, 4) is 0 Å². The van der Waals surface area contributed by atoms with Crippen LogP contribution >= 0.6 is 0 Å². The van der Waals surface area contributed by atoms with E-state index in [1.165, 1.54) is 38.5 Å². The van der Waals surface area contributed by atoms with E-state index in [2.05, 4.69) is 20.8 Å². The summed E-state index contributed by atoms with van der Waals surface area (Å²) in [7, 11) is 0. The molecule has 140 valence electrons. The van der Waals surface area contributed by atoms with Crippen molar-refractivity contribution in [1.29, 1.82) is 0 Å². The molecule has 0 bridgehead atoms. The topological polar surface area (TPSA) is 52.6 Å². The Kier molecular flexibility index (Phi) is 15.6. The Morgan fingerprint density at radius 2 is 1.21 bits per heavy atom. The van der Waals surface area contributed by atoms with Gasteiger partial charge in [0.25, 0.3) is 0 Å². The van der Waals surface area contributed by atoms with Crippen molar-refractivity contribution >= 4 is 11.9 Å². The molecule has 0 saturated heterocycles. The minimum atomic E-state index is -0.476. The van der Waals surface area contributed by atoms with Crippen LogP contribution in [-0.2, 0) is 19.1 Å². The highest BCUT2D eigenvalue weighted by molar-refractivity contribution is 5.91. The molecule has 0 rings (SSSR count). The maximum atomic E-state index is 11.5. The second-order valence-corrected chi connectivity index (χ2v) is 6.68. The van der Waals surface area contributed by atoms with Gasteiger partial charge in [0.05, 0.1) is 13.2 Å². The van der Waals surface area contributed by atoms with E-state index in [0.29, 0.717) is 13.2 Å². The molecule has 0 fully saturated rings. The Balaban J connectivity index is 3.50. The Hall–Kier alpha value is -1.32. The molecule has 0 spiro atoms. The summed E-state index contributed by atoms with van der Waals surface area (Å²) in [4.78, 5) is 22.9. The van der Waals surface area contributed by atoms with Crippen LogP contribution in [0.25, 0.3) is 0 Å². The molecule has 0 aliphatic carbocycles. The molecule has 0 unspecified atom stereocenters. The number of carbonyl (C=O) groups excluding carboxylic acids is 2. The first-order valence-corrected chi connectivity index (χ1v) is 9.57. The second kappa shape index (κ2) is 16.5. The predicted molar refractivity (Wildman–Crippen MR) is 97.7 cm³/mol. The molecule has 0 atom stereocenters. The summed E-state index contributed by atoms with van der Waals surface area (Å²) in [6.45, 7) is 7.45. The van der Waals surface area contributed by atoms with Gasteiger partial charge in [-0.3, -0.25) is 0 Å².